The molecule has 1 amide bonds. The highest BCUT2D eigenvalue weighted by Gasteiger charge is 2.29. The van der Waals surface area contributed by atoms with E-state index in [1.807, 2.05) is 13.8 Å². The van der Waals surface area contributed by atoms with Gasteiger partial charge in [-0.3, -0.25) is 10.2 Å². The number of amides is 1. The van der Waals surface area contributed by atoms with E-state index in [0.717, 1.165) is 12.0 Å². The lowest BCUT2D eigenvalue weighted by molar-refractivity contribution is -0.126. The van der Waals surface area contributed by atoms with Gasteiger partial charge in [0, 0.05) is 7.05 Å². The number of benzene rings is 1. The van der Waals surface area contributed by atoms with Crippen LogP contribution in [0.15, 0.2) is 24.3 Å². The molecule has 0 saturated carbocycles. The topological polar surface area (TPSA) is 41.1 Å². The van der Waals surface area contributed by atoms with E-state index in [-0.39, 0.29) is 5.91 Å². The summed E-state index contributed by atoms with van der Waals surface area (Å²) in [5, 5.41) is 0. The number of hydrazine groups is 1. The molecule has 3 nitrogen and oxygen atoms in total. The summed E-state index contributed by atoms with van der Waals surface area (Å²) in [5.41, 5.74) is 7.15. The van der Waals surface area contributed by atoms with Crippen LogP contribution in [0, 0.1) is 0 Å². The van der Waals surface area contributed by atoms with Gasteiger partial charge >= 0.3 is 0 Å². The molecule has 0 bridgehead atoms. The van der Waals surface area contributed by atoms with Gasteiger partial charge in [0.1, 0.15) is 0 Å². The highest BCUT2D eigenvalue weighted by atomic mass is 16.2. The van der Waals surface area contributed by atoms with E-state index in [2.05, 4.69) is 49.0 Å². The number of rotatable bonds is 5. The summed E-state index contributed by atoms with van der Waals surface area (Å²) in [4.78, 5) is 12.0. The highest BCUT2D eigenvalue weighted by Crippen LogP contribution is 2.26. The molecule has 0 spiro atoms. The minimum Gasteiger partial charge on any atom is -0.291 e. The van der Waals surface area contributed by atoms with Crippen LogP contribution >= 0.6 is 0 Å². The highest BCUT2D eigenvalue weighted by molar-refractivity contribution is 5.86. The van der Waals surface area contributed by atoms with Crippen molar-refractivity contribution in [2.24, 2.45) is 0 Å². The van der Waals surface area contributed by atoms with Gasteiger partial charge in [0.05, 0.1) is 5.41 Å². The number of nitrogens with one attached hydrogen (secondary N) is 2. The zero-order chi connectivity index (χ0) is 13.8. The van der Waals surface area contributed by atoms with Crippen molar-refractivity contribution in [3.8, 4) is 0 Å². The summed E-state index contributed by atoms with van der Waals surface area (Å²) >= 11 is 0. The Balaban J connectivity index is 2.93. The molecule has 0 radical (unpaired) electrons. The molecule has 0 saturated heterocycles. The Morgan fingerprint density at radius 3 is 2.28 bits per heavy atom. The van der Waals surface area contributed by atoms with Gasteiger partial charge in [-0.25, -0.2) is 5.43 Å². The van der Waals surface area contributed by atoms with Crippen LogP contribution in [-0.2, 0) is 10.2 Å². The van der Waals surface area contributed by atoms with E-state index in [4.69, 9.17) is 0 Å². The van der Waals surface area contributed by atoms with Crippen LogP contribution in [0.1, 0.15) is 51.2 Å². The smallest absolute Gasteiger partial charge is 0.244 e. The lowest BCUT2D eigenvalue weighted by Crippen LogP contribution is -2.45. The number of hydrogen-bond acceptors (Lipinski definition) is 2. The van der Waals surface area contributed by atoms with Gasteiger partial charge in [-0.1, -0.05) is 38.1 Å². The first-order chi connectivity index (χ1) is 8.43. The molecule has 1 aromatic rings. The fourth-order valence-corrected chi connectivity index (χ4v) is 1.86. The fraction of sp³-hybridized carbons (Fsp3) is 0.533. The maximum atomic E-state index is 12.0. The molecule has 0 heterocycles. The van der Waals surface area contributed by atoms with Crippen molar-refractivity contribution in [1.29, 1.82) is 0 Å². The molecular formula is C15H24N2O. The Labute approximate surface area is 110 Å². The van der Waals surface area contributed by atoms with Crippen molar-refractivity contribution < 1.29 is 4.79 Å². The first-order valence-electron chi connectivity index (χ1n) is 6.51. The molecule has 1 aromatic carbocycles. The number of carbonyl (C=O) groups excluding carboxylic acids is 1. The molecule has 1 atom stereocenters. The van der Waals surface area contributed by atoms with Gasteiger partial charge in [-0.05, 0) is 37.3 Å². The van der Waals surface area contributed by atoms with Gasteiger partial charge in [-0.15, -0.1) is 0 Å². The molecule has 0 fully saturated rings. The zero-order valence-corrected chi connectivity index (χ0v) is 12.0. The molecule has 3 heteroatoms. The molecule has 1 unspecified atom stereocenters. The van der Waals surface area contributed by atoms with E-state index < -0.39 is 5.41 Å². The quantitative estimate of drug-likeness (QED) is 0.787. The Bertz CT molecular complexity index is 395. The summed E-state index contributed by atoms with van der Waals surface area (Å²) in [7, 11) is 1.69. The first kappa shape index (κ1) is 14.7. The minimum absolute atomic E-state index is 0.0266. The second kappa shape index (κ2) is 6.01. The van der Waals surface area contributed by atoms with Crippen molar-refractivity contribution in [2.75, 3.05) is 7.05 Å². The first-order valence-corrected chi connectivity index (χ1v) is 6.51. The Kier molecular flexibility index (Phi) is 4.91. The third-order valence-corrected chi connectivity index (χ3v) is 3.62. The lowest BCUT2D eigenvalue weighted by atomic mass is 9.83. The number of carbonyl (C=O) groups is 1. The molecule has 0 aliphatic rings. The largest absolute Gasteiger partial charge is 0.291 e. The van der Waals surface area contributed by atoms with E-state index in [1.54, 1.807) is 7.05 Å². The maximum Gasteiger partial charge on any atom is 0.244 e. The molecular weight excluding hydrogens is 224 g/mol. The minimum atomic E-state index is -0.531. The molecule has 0 aliphatic heterocycles. The maximum absolute atomic E-state index is 12.0. The van der Waals surface area contributed by atoms with Gasteiger partial charge in [-0.2, -0.15) is 0 Å². The van der Waals surface area contributed by atoms with E-state index in [1.165, 1.54) is 5.56 Å². The van der Waals surface area contributed by atoms with Gasteiger partial charge in [0.15, 0.2) is 0 Å². The van der Waals surface area contributed by atoms with E-state index >= 15 is 0 Å². The van der Waals surface area contributed by atoms with Crippen molar-refractivity contribution >= 4 is 5.91 Å². The molecule has 18 heavy (non-hydrogen) atoms. The molecule has 2 N–H and O–H groups in total. The predicted molar refractivity (Wildman–Crippen MR) is 75.4 cm³/mol. The average molecular weight is 248 g/mol. The van der Waals surface area contributed by atoms with Crippen molar-refractivity contribution in [2.45, 2.75) is 45.4 Å². The number of hydrogen-bond donors (Lipinski definition) is 2. The fourth-order valence-electron chi connectivity index (χ4n) is 1.86. The third-order valence-electron chi connectivity index (χ3n) is 3.62. The summed E-state index contributed by atoms with van der Waals surface area (Å²) in [6.07, 6.45) is 1.13. The van der Waals surface area contributed by atoms with Crippen LogP contribution in [0.4, 0.5) is 0 Å². The average Bonchev–Trinajstić information content (AvgIpc) is 2.38. The zero-order valence-electron chi connectivity index (χ0n) is 12.0. The van der Waals surface area contributed by atoms with Gasteiger partial charge in [0.2, 0.25) is 5.91 Å². The van der Waals surface area contributed by atoms with E-state index in [9.17, 15) is 4.79 Å². The van der Waals surface area contributed by atoms with Crippen molar-refractivity contribution in [1.82, 2.24) is 10.9 Å². The van der Waals surface area contributed by atoms with E-state index in [0.29, 0.717) is 5.92 Å². The van der Waals surface area contributed by atoms with Gasteiger partial charge in [0.25, 0.3) is 0 Å². The summed E-state index contributed by atoms with van der Waals surface area (Å²) in [6, 6.07) is 8.35. The normalized spacial score (nSPS) is 13.2. The second-order valence-electron chi connectivity index (χ2n) is 5.26. The Hall–Kier alpha value is -1.35. The Morgan fingerprint density at radius 1 is 1.28 bits per heavy atom. The van der Waals surface area contributed by atoms with Crippen molar-refractivity contribution in [3.63, 3.8) is 0 Å². The SMILES string of the molecule is CCC(C)c1ccc(C(C)(C)C(=O)NNC)cc1. The summed E-state index contributed by atoms with van der Waals surface area (Å²) in [5.74, 6) is 0.537. The van der Waals surface area contributed by atoms with Gasteiger partial charge < -0.3 is 0 Å². The van der Waals surface area contributed by atoms with Crippen molar-refractivity contribution in [3.05, 3.63) is 35.4 Å². The van der Waals surface area contributed by atoms with Crippen LogP contribution in [0.3, 0.4) is 0 Å². The van der Waals surface area contributed by atoms with Crippen LogP contribution < -0.4 is 10.9 Å². The van der Waals surface area contributed by atoms with Crippen LogP contribution in [0.2, 0.25) is 0 Å². The second-order valence-corrected chi connectivity index (χ2v) is 5.26. The lowest BCUT2D eigenvalue weighted by Gasteiger charge is -2.24. The molecule has 1 rings (SSSR count). The van der Waals surface area contributed by atoms with Crippen LogP contribution in [-0.4, -0.2) is 13.0 Å². The Morgan fingerprint density at radius 2 is 1.83 bits per heavy atom. The monoisotopic (exact) mass is 248 g/mol. The summed E-state index contributed by atoms with van der Waals surface area (Å²) < 4.78 is 0. The predicted octanol–water partition coefficient (Wildman–Crippen LogP) is 2.73. The molecule has 0 aromatic heterocycles. The third kappa shape index (κ3) is 3.10. The molecule has 0 aliphatic carbocycles. The summed E-state index contributed by atoms with van der Waals surface area (Å²) in [6.45, 7) is 8.26. The van der Waals surface area contributed by atoms with Crippen LogP contribution in [0.25, 0.3) is 0 Å². The van der Waals surface area contributed by atoms with Crippen LogP contribution in [0.5, 0.6) is 0 Å². The standard InChI is InChI=1S/C15H24N2O/c1-6-11(2)12-7-9-13(10-8-12)15(3,4)14(18)17-16-5/h7-11,16H,6H2,1-5H3,(H,17,18). The molecule has 100 valence electrons.